The van der Waals surface area contributed by atoms with Crippen LogP contribution in [-0.2, 0) is 12.6 Å². The van der Waals surface area contributed by atoms with Gasteiger partial charge >= 0.3 is 6.18 Å². The maximum atomic E-state index is 13.8. The van der Waals surface area contributed by atoms with E-state index < -0.39 is 11.7 Å². The molecule has 6 nitrogen and oxygen atoms in total. The third-order valence-corrected chi connectivity index (χ3v) is 6.33. The molecule has 1 amide bonds. The molecule has 1 saturated heterocycles. The monoisotopic (exact) mass is 469 g/mol. The van der Waals surface area contributed by atoms with E-state index in [4.69, 9.17) is 0 Å². The molecule has 0 spiro atoms. The van der Waals surface area contributed by atoms with Crippen molar-refractivity contribution in [3.05, 3.63) is 71.4 Å². The van der Waals surface area contributed by atoms with Crippen LogP contribution in [0.5, 0.6) is 0 Å². The predicted molar refractivity (Wildman–Crippen MR) is 121 cm³/mol. The fourth-order valence-corrected chi connectivity index (χ4v) is 4.51. The molecule has 1 aliphatic rings. The smallest absolute Gasteiger partial charge is 0.335 e. The van der Waals surface area contributed by atoms with E-state index in [1.807, 2.05) is 36.1 Å². The fraction of sp³-hybridized carbons (Fsp3) is 0.400. The zero-order valence-electron chi connectivity index (χ0n) is 19.1. The Bertz CT molecular complexity index is 1140. The molecule has 3 heterocycles. The van der Waals surface area contributed by atoms with Crippen LogP contribution in [0, 0.1) is 12.8 Å². The number of piperidine rings is 1. The minimum absolute atomic E-state index is 0.0673. The summed E-state index contributed by atoms with van der Waals surface area (Å²) in [5.41, 5.74) is 2.04. The molecule has 1 aliphatic heterocycles. The molecule has 4 rings (SSSR count). The molecule has 2 aromatic heterocycles. The Labute approximate surface area is 196 Å². The standard InChI is InChI=1S/C25H26F3N5O/c1-16-7-8-19(21-6-3-11-31-32-21)20(13-16)24(34)33-12-4-5-17(2)22(33)9-10-23-29-14-18(15-30-23)25(26,27)28/h3,6-8,11,13-15,17,22H,4-5,9-10,12H2,1-2H3/t17-,22-/m1/s1. The third-order valence-electron chi connectivity index (χ3n) is 6.33. The van der Waals surface area contributed by atoms with E-state index in [0.29, 0.717) is 36.5 Å². The Balaban J connectivity index is 1.57. The van der Waals surface area contributed by atoms with Crippen LogP contribution in [0.15, 0.2) is 48.9 Å². The van der Waals surface area contributed by atoms with Gasteiger partial charge in [-0.15, -0.1) is 0 Å². The number of rotatable bonds is 5. The minimum atomic E-state index is -4.46. The van der Waals surface area contributed by atoms with Crippen molar-refractivity contribution in [2.24, 2.45) is 5.92 Å². The fourth-order valence-electron chi connectivity index (χ4n) is 4.51. The van der Waals surface area contributed by atoms with Gasteiger partial charge in [0.1, 0.15) is 5.82 Å². The van der Waals surface area contributed by atoms with E-state index >= 15 is 0 Å². The number of amides is 1. The molecule has 0 unspecified atom stereocenters. The first-order valence-electron chi connectivity index (χ1n) is 11.3. The van der Waals surface area contributed by atoms with Crippen molar-refractivity contribution in [1.29, 1.82) is 0 Å². The third kappa shape index (κ3) is 5.24. The largest absolute Gasteiger partial charge is 0.419 e. The van der Waals surface area contributed by atoms with Crippen LogP contribution in [0.2, 0.25) is 0 Å². The highest BCUT2D eigenvalue weighted by molar-refractivity contribution is 6.01. The molecule has 0 N–H and O–H groups in total. The van der Waals surface area contributed by atoms with Crippen LogP contribution < -0.4 is 0 Å². The van der Waals surface area contributed by atoms with E-state index in [-0.39, 0.29) is 17.9 Å². The summed E-state index contributed by atoms with van der Waals surface area (Å²) in [6.45, 7) is 4.67. The van der Waals surface area contributed by atoms with Gasteiger partial charge in [-0.05, 0) is 50.3 Å². The number of alkyl halides is 3. The first kappa shape index (κ1) is 23.8. The number of benzene rings is 1. The second kappa shape index (κ2) is 9.87. The SMILES string of the molecule is Cc1ccc(-c2cccnn2)c(C(=O)N2CCC[C@@H](C)[C@H]2CCc2ncc(C(F)(F)F)cn2)c1. The number of nitrogens with zero attached hydrogens (tertiary/aromatic N) is 5. The van der Waals surface area contributed by atoms with Crippen molar-refractivity contribution in [1.82, 2.24) is 25.1 Å². The lowest BCUT2D eigenvalue weighted by atomic mass is 9.86. The van der Waals surface area contributed by atoms with Crippen LogP contribution in [-0.4, -0.2) is 43.6 Å². The van der Waals surface area contributed by atoms with Gasteiger partial charge in [-0.1, -0.05) is 24.6 Å². The first-order valence-corrected chi connectivity index (χ1v) is 11.3. The van der Waals surface area contributed by atoms with Crippen LogP contribution in [0.25, 0.3) is 11.3 Å². The summed E-state index contributed by atoms with van der Waals surface area (Å²) in [4.78, 5) is 23.5. The van der Waals surface area contributed by atoms with Crippen molar-refractivity contribution < 1.29 is 18.0 Å². The van der Waals surface area contributed by atoms with E-state index in [0.717, 1.165) is 36.4 Å². The van der Waals surface area contributed by atoms with Gasteiger partial charge in [0.15, 0.2) is 0 Å². The molecule has 0 aliphatic carbocycles. The maximum absolute atomic E-state index is 13.8. The van der Waals surface area contributed by atoms with Crippen molar-refractivity contribution in [3.63, 3.8) is 0 Å². The quantitative estimate of drug-likeness (QED) is 0.518. The number of aryl methyl sites for hydroxylation is 2. The number of aromatic nitrogens is 4. The Hall–Kier alpha value is -3.36. The molecule has 2 atom stereocenters. The highest BCUT2D eigenvalue weighted by Crippen LogP contribution is 2.31. The molecule has 1 aromatic carbocycles. The average molecular weight is 470 g/mol. The number of halogens is 3. The molecule has 178 valence electrons. The summed E-state index contributed by atoms with van der Waals surface area (Å²) in [6.07, 6.45) is 1.59. The first-order chi connectivity index (χ1) is 16.2. The second-order valence-electron chi connectivity index (χ2n) is 8.77. The number of hydrogen-bond donors (Lipinski definition) is 0. The Morgan fingerprint density at radius 2 is 1.94 bits per heavy atom. The molecular formula is C25H26F3N5O. The summed E-state index contributed by atoms with van der Waals surface area (Å²) in [5.74, 6) is 0.514. The van der Waals surface area contributed by atoms with Gasteiger partial charge in [0.2, 0.25) is 0 Å². The van der Waals surface area contributed by atoms with Crippen molar-refractivity contribution in [2.75, 3.05) is 6.54 Å². The molecule has 34 heavy (non-hydrogen) atoms. The maximum Gasteiger partial charge on any atom is 0.419 e. The Morgan fingerprint density at radius 1 is 1.18 bits per heavy atom. The summed E-state index contributed by atoms with van der Waals surface area (Å²) in [6, 6.07) is 9.26. The molecule has 9 heteroatoms. The second-order valence-corrected chi connectivity index (χ2v) is 8.77. The molecular weight excluding hydrogens is 443 g/mol. The average Bonchev–Trinajstić information content (AvgIpc) is 2.83. The zero-order valence-corrected chi connectivity index (χ0v) is 19.1. The number of hydrogen-bond acceptors (Lipinski definition) is 5. The number of carbonyl (C=O) groups excluding carboxylic acids is 1. The lowest BCUT2D eigenvalue weighted by Gasteiger charge is -2.40. The van der Waals surface area contributed by atoms with Gasteiger partial charge < -0.3 is 4.90 Å². The lowest BCUT2D eigenvalue weighted by Crippen LogP contribution is -2.48. The van der Waals surface area contributed by atoms with E-state index in [2.05, 4.69) is 27.1 Å². The van der Waals surface area contributed by atoms with Crippen LogP contribution in [0.3, 0.4) is 0 Å². The Kier molecular flexibility index (Phi) is 6.90. The summed E-state index contributed by atoms with van der Waals surface area (Å²) in [5, 5.41) is 8.13. The molecule has 0 saturated carbocycles. The summed E-state index contributed by atoms with van der Waals surface area (Å²) < 4.78 is 38.4. The van der Waals surface area contributed by atoms with Crippen molar-refractivity contribution >= 4 is 5.91 Å². The number of carbonyl (C=O) groups is 1. The lowest BCUT2D eigenvalue weighted by molar-refractivity contribution is -0.138. The highest BCUT2D eigenvalue weighted by Gasteiger charge is 2.34. The van der Waals surface area contributed by atoms with Crippen molar-refractivity contribution in [3.8, 4) is 11.3 Å². The van der Waals surface area contributed by atoms with Crippen LogP contribution >= 0.6 is 0 Å². The van der Waals surface area contributed by atoms with Crippen LogP contribution in [0.1, 0.15) is 53.5 Å². The van der Waals surface area contributed by atoms with Gasteiger partial charge in [0.05, 0.1) is 11.3 Å². The zero-order chi connectivity index (χ0) is 24.3. The van der Waals surface area contributed by atoms with Gasteiger partial charge in [-0.25, -0.2) is 9.97 Å². The number of likely N-dealkylation sites (tertiary alicyclic amines) is 1. The van der Waals surface area contributed by atoms with E-state index in [9.17, 15) is 18.0 Å². The van der Waals surface area contributed by atoms with Gasteiger partial charge in [0, 0.05) is 48.7 Å². The normalized spacial score (nSPS) is 18.7. The van der Waals surface area contributed by atoms with E-state index in [1.54, 1.807) is 12.3 Å². The topological polar surface area (TPSA) is 71.9 Å². The van der Waals surface area contributed by atoms with Gasteiger partial charge in [-0.2, -0.15) is 23.4 Å². The predicted octanol–water partition coefficient (Wildman–Crippen LogP) is 5.13. The summed E-state index contributed by atoms with van der Waals surface area (Å²) >= 11 is 0. The highest BCUT2D eigenvalue weighted by atomic mass is 19.4. The van der Waals surface area contributed by atoms with Crippen molar-refractivity contribution in [2.45, 2.75) is 51.7 Å². The molecule has 0 radical (unpaired) electrons. The molecule has 1 fully saturated rings. The minimum Gasteiger partial charge on any atom is -0.335 e. The molecule has 0 bridgehead atoms. The summed E-state index contributed by atoms with van der Waals surface area (Å²) in [7, 11) is 0. The Morgan fingerprint density at radius 3 is 2.62 bits per heavy atom. The molecule has 3 aromatic rings. The van der Waals surface area contributed by atoms with E-state index in [1.165, 1.54) is 0 Å². The van der Waals surface area contributed by atoms with Crippen LogP contribution in [0.4, 0.5) is 13.2 Å². The van der Waals surface area contributed by atoms with Gasteiger partial charge in [-0.3, -0.25) is 4.79 Å². The van der Waals surface area contributed by atoms with Gasteiger partial charge in [0.25, 0.3) is 5.91 Å².